The van der Waals surface area contributed by atoms with E-state index in [9.17, 15) is 0 Å². The molecule has 0 amide bonds. The number of nitrogens with zero attached hydrogens (tertiary/aromatic N) is 3. The molecule has 1 aromatic heterocycles. The summed E-state index contributed by atoms with van der Waals surface area (Å²) >= 11 is 6.00. The van der Waals surface area contributed by atoms with Crippen molar-refractivity contribution in [3.63, 3.8) is 0 Å². The first kappa shape index (κ1) is 13.2. The summed E-state index contributed by atoms with van der Waals surface area (Å²) in [5, 5.41) is 0.526. The van der Waals surface area contributed by atoms with Crippen molar-refractivity contribution in [1.82, 2.24) is 9.97 Å². The molecule has 1 rings (SSSR count). The maximum Gasteiger partial charge on any atom is 0.137 e. The van der Waals surface area contributed by atoms with Crippen LogP contribution in [0.1, 0.15) is 33.3 Å². The molecule has 1 aromatic rings. The van der Waals surface area contributed by atoms with Crippen LogP contribution in [-0.4, -0.2) is 23.1 Å². The molecular weight excluding hydrogens is 222 g/mol. The molecule has 0 fully saturated rings. The average molecular weight is 242 g/mol. The number of halogens is 1. The van der Waals surface area contributed by atoms with Crippen molar-refractivity contribution in [2.24, 2.45) is 5.41 Å². The van der Waals surface area contributed by atoms with E-state index in [1.807, 2.05) is 14.0 Å². The van der Waals surface area contributed by atoms with Crippen molar-refractivity contribution in [2.45, 2.75) is 40.7 Å². The second-order valence-corrected chi connectivity index (χ2v) is 5.62. The predicted octanol–water partition coefficient (Wildman–Crippen LogP) is 3.31. The monoisotopic (exact) mass is 241 g/mol. The smallest absolute Gasteiger partial charge is 0.137 e. The summed E-state index contributed by atoms with van der Waals surface area (Å²) in [7, 11) is 2.04. The predicted molar refractivity (Wildman–Crippen MR) is 69.1 cm³/mol. The van der Waals surface area contributed by atoms with Gasteiger partial charge in [-0.3, -0.25) is 0 Å². The zero-order valence-corrected chi connectivity index (χ0v) is 11.6. The molecule has 0 bridgehead atoms. The van der Waals surface area contributed by atoms with E-state index >= 15 is 0 Å². The third-order valence-corrected chi connectivity index (χ3v) is 3.55. The molecule has 0 N–H and O–H groups in total. The lowest BCUT2D eigenvalue weighted by Crippen LogP contribution is -2.40. The van der Waals surface area contributed by atoms with Gasteiger partial charge >= 0.3 is 0 Å². The fraction of sp³-hybridized carbons (Fsp3) is 0.667. The Hall–Kier alpha value is -0.830. The molecule has 4 heteroatoms. The number of aromatic nitrogens is 2. The highest BCUT2D eigenvalue weighted by Crippen LogP contribution is 2.29. The van der Waals surface area contributed by atoms with E-state index in [0.717, 1.165) is 11.4 Å². The summed E-state index contributed by atoms with van der Waals surface area (Å²) in [4.78, 5) is 10.4. The van der Waals surface area contributed by atoms with Crippen LogP contribution in [0.4, 0.5) is 5.82 Å². The zero-order chi connectivity index (χ0) is 12.5. The third kappa shape index (κ3) is 2.64. The van der Waals surface area contributed by atoms with Crippen molar-refractivity contribution in [3.05, 3.63) is 17.0 Å². The van der Waals surface area contributed by atoms with Gasteiger partial charge in [0.05, 0.1) is 0 Å². The molecule has 0 aromatic carbocycles. The molecule has 16 heavy (non-hydrogen) atoms. The molecule has 0 aliphatic carbocycles. The lowest BCUT2D eigenvalue weighted by Gasteiger charge is -2.36. The van der Waals surface area contributed by atoms with E-state index in [2.05, 4.69) is 42.6 Å². The molecule has 0 radical (unpaired) electrons. The van der Waals surface area contributed by atoms with Gasteiger partial charge in [-0.1, -0.05) is 32.4 Å². The first-order chi connectivity index (χ1) is 7.25. The lowest BCUT2D eigenvalue weighted by molar-refractivity contribution is 0.328. The van der Waals surface area contributed by atoms with Crippen LogP contribution in [0.2, 0.25) is 5.15 Å². The van der Waals surface area contributed by atoms with Crippen molar-refractivity contribution in [2.75, 3.05) is 11.9 Å². The van der Waals surface area contributed by atoms with Crippen LogP contribution in [0.25, 0.3) is 0 Å². The van der Waals surface area contributed by atoms with Gasteiger partial charge in [0.25, 0.3) is 0 Å². The van der Waals surface area contributed by atoms with Gasteiger partial charge in [-0.25, -0.2) is 9.97 Å². The van der Waals surface area contributed by atoms with E-state index in [4.69, 9.17) is 11.6 Å². The Labute approximate surface area is 103 Å². The molecule has 0 saturated carbocycles. The van der Waals surface area contributed by atoms with Crippen LogP contribution >= 0.6 is 11.6 Å². The minimum atomic E-state index is 0.193. The topological polar surface area (TPSA) is 29.0 Å². The fourth-order valence-electron chi connectivity index (χ4n) is 1.54. The summed E-state index contributed by atoms with van der Waals surface area (Å²) in [5.74, 6) is 0.905. The van der Waals surface area contributed by atoms with Gasteiger partial charge in [-0.2, -0.15) is 0 Å². The second-order valence-electron chi connectivity index (χ2n) is 5.27. The highest BCUT2D eigenvalue weighted by Gasteiger charge is 2.26. The van der Waals surface area contributed by atoms with Crippen molar-refractivity contribution < 1.29 is 0 Å². The molecule has 90 valence electrons. The molecule has 0 saturated heterocycles. The number of hydrogen-bond acceptors (Lipinski definition) is 3. The fourth-order valence-corrected chi connectivity index (χ4v) is 1.67. The van der Waals surface area contributed by atoms with Gasteiger partial charge in [-0.05, 0) is 19.3 Å². The Balaban J connectivity index is 3.06. The number of hydrogen-bond donors (Lipinski definition) is 0. The Morgan fingerprint density at radius 2 is 1.88 bits per heavy atom. The third-order valence-electron chi connectivity index (χ3n) is 3.16. The SMILES string of the molecule is Cc1c(Cl)ncnc1N(C)C(C)C(C)(C)C. The maximum absolute atomic E-state index is 6.00. The van der Waals surface area contributed by atoms with Crippen LogP contribution in [0.5, 0.6) is 0 Å². The minimum Gasteiger partial charge on any atom is -0.356 e. The Kier molecular flexibility index (Phi) is 3.79. The van der Waals surface area contributed by atoms with Crippen molar-refractivity contribution in [1.29, 1.82) is 0 Å². The van der Waals surface area contributed by atoms with Gasteiger partial charge in [0.15, 0.2) is 0 Å². The largest absolute Gasteiger partial charge is 0.356 e. The lowest BCUT2D eigenvalue weighted by atomic mass is 9.87. The van der Waals surface area contributed by atoms with E-state index in [1.54, 1.807) is 0 Å². The maximum atomic E-state index is 6.00. The summed E-state index contributed by atoms with van der Waals surface area (Å²) in [6.07, 6.45) is 1.51. The highest BCUT2D eigenvalue weighted by atomic mass is 35.5. The molecule has 0 spiro atoms. The summed E-state index contributed by atoms with van der Waals surface area (Å²) in [6.45, 7) is 10.8. The van der Waals surface area contributed by atoms with Crippen LogP contribution < -0.4 is 4.90 Å². The number of anilines is 1. The summed E-state index contributed by atoms with van der Waals surface area (Å²) in [6, 6.07) is 0.372. The quantitative estimate of drug-likeness (QED) is 0.744. The van der Waals surface area contributed by atoms with E-state index in [0.29, 0.717) is 11.2 Å². The highest BCUT2D eigenvalue weighted by molar-refractivity contribution is 6.30. The van der Waals surface area contributed by atoms with E-state index in [-0.39, 0.29) is 5.41 Å². The molecule has 0 aliphatic rings. The molecule has 3 nitrogen and oxygen atoms in total. The summed E-state index contributed by atoms with van der Waals surface area (Å²) < 4.78 is 0. The minimum absolute atomic E-state index is 0.193. The van der Waals surface area contributed by atoms with Gasteiger partial charge in [0, 0.05) is 18.7 Å². The van der Waals surface area contributed by atoms with Gasteiger partial charge in [-0.15, -0.1) is 0 Å². The van der Waals surface area contributed by atoms with Gasteiger partial charge in [0.2, 0.25) is 0 Å². The number of rotatable bonds is 2. The van der Waals surface area contributed by atoms with Crippen molar-refractivity contribution in [3.8, 4) is 0 Å². The van der Waals surface area contributed by atoms with Crippen LogP contribution in [0.3, 0.4) is 0 Å². The molecule has 0 aliphatic heterocycles. The van der Waals surface area contributed by atoms with Gasteiger partial charge in [0.1, 0.15) is 17.3 Å². The summed E-state index contributed by atoms with van der Waals surface area (Å²) in [5.41, 5.74) is 1.13. The van der Waals surface area contributed by atoms with Gasteiger partial charge < -0.3 is 4.90 Å². The van der Waals surface area contributed by atoms with Crippen LogP contribution in [-0.2, 0) is 0 Å². The zero-order valence-electron chi connectivity index (χ0n) is 10.9. The Bertz CT molecular complexity index is 371. The Morgan fingerprint density at radius 3 is 2.38 bits per heavy atom. The molecule has 1 atom stereocenters. The second kappa shape index (κ2) is 4.58. The van der Waals surface area contributed by atoms with E-state index < -0.39 is 0 Å². The van der Waals surface area contributed by atoms with Crippen LogP contribution in [0.15, 0.2) is 6.33 Å². The van der Waals surface area contributed by atoms with Crippen molar-refractivity contribution >= 4 is 17.4 Å². The average Bonchev–Trinajstić information content (AvgIpc) is 2.18. The van der Waals surface area contributed by atoms with Crippen LogP contribution in [0, 0.1) is 12.3 Å². The standard InChI is InChI=1S/C12H20ClN3/c1-8-10(13)14-7-15-11(8)16(6)9(2)12(3,4)5/h7,9H,1-6H3. The Morgan fingerprint density at radius 1 is 1.31 bits per heavy atom. The molecule has 1 heterocycles. The molecular formula is C12H20ClN3. The van der Waals surface area contributed by atoms with E-state index in [1.165, 1.54) is 6.33 Å². The molecule has 1 unspecified atom stereocenters. The normalized spacial score (nSPS) is 13.7. The first-order valence-corrected chi connectivity index (χ1v) is 5.83. The first-order valence-electron chi connectivity index (χ1n) is 5.45.